The summed E-state index contributed by atoms with van der Waals surface area (Å²) in [5.74, 6) is 0.808. The van der Waals surface area contributed by atoms with E-state index in [0.717, 1.165) is 12.0 Å². The lowest BCUT2D eigenvalue weighted by molar-refractivity contribution is 0.0942. The molecule has 0 saturated carbocycles. The van der Waals surface area contributed by atoms with Crippen molar-refractivity contribution in [2.24, 2.45) is 0 Å². The zero-order chi connectivity index (χ0) is 19.7. The van der Waals surface area contributed by atoms with Crippen LogP contribution in [0.4, 0.5) is 11.8 Å². The van der Waals surface area contributed by atoms with Crippen LogP contribution in [0.5, 0.6) is 11.6 Å². The van der Waals surface area contributed by atoms with Crippen molar-refractivity contribution in [3.05, 3.63) is 34.3 Å². The Morgan fingerprint density at radius 3 is 3.07 bits per heavy atom. The van der Waals surface area contributed by atoms with E-state index in [9.17, 15) is 4.79 Å². The third-order valence-electron chi connectivity index (χ3n) is 4.65. The zero-order valence-electron chi connectivity index (χ0n) is 15.0. The number of nitrogen functional groups attached to an aromatic ring is 1. The van der Waals surface area contributed by atoms with Crippen LogP contribution in [0.15, 0.2) is 18.2 Å². The summed E-state index contributed by atoms with van der Waals surface area (Å²) in [6.07, 6.45) is 0.822. The van der Waals surface area contributed by atoms with Gasteiger partial charge < -0.3 is 30.5 Å². The van der Waals surface area contributed by atoms with Crippen LogP contribution >= 0.6 is 11.6 Å². The number of fused-ring (bicyclic) bond motifs is 7. The summed E-state index contributed by atoms with van der Waals surface area (Å²) in [5.41, 5.74) is 6.89. The molecule has 148 valence electrons. The maximum absolute atomic E-state index is 12.5. The number of nitrogens with zero attached hydrogens (tertiary/aromatic N) is 3. The summed E-state index contributed by atoms with van der Waals surface area (Å²) in [4.78, 5) is 23.1. The summed E-state index contributed by atoms with van der Waals surface area (Å²) in [7, 11) is 0. The third-order valence-corrected chi connectivity index (χ3v) is 4.98. The van der Waals surface area contributed by atoms with Crippen molar-refractivity contribution >= 4 is 29.3 Å². The number of carbonyl (C=O) groups is 1. The average molecular weight is 406 g/mol. The molecule has 2 aliphatic heterocycles. The first kappa shape index (κ1) is 18.7. The predicted molar refractivity (Wildman–Crippen MR) is 103 cm³/mol. The van der Waals surface area contributed by atoms with E-state index in [2.05, 4.69) is 20.2 Å². The first-order valence-electron chi connectivity index (χ1n) is 8.96. The predicted octanol–water partition coefficient (Wildman–Crippen LogP) is 1.51. The van der Waals surface area contributed by atoms with Crippen LogP contribution in [0.2, 0.25) is 5.02 Å². The SMILES string of the molecule is Nc1nc2cc(n1)N1CCCOC[C@H]1c1cc(c(C(=O)NCCO)cc1Cl)O2. The molecular formula is C18H20ClN5O4. The first-order valence-corrected chi connectivity index (χ1v) is 9.34. The Kier molecular flexibility index (Phi) is 5.21. The van der Waals surface area contributed by atoms with Gasteiger partial charge >= 0.3 is 0 Å². The molecule has 2 aromatic rings. The number of amides is 1. The number of nitrogens with one attached hydrogen (secondary N) is 1. The van der Waals surface area contributed by atoms with Gasteiger partial charge in [-0.1, -0.05) is 11.6 Å². The van der Waals surface area contributed by atoms with E-state index < -0.39 is 5.91 Å². The molecule has 0 spiro atoms. The van der Waals surface area contributed by atoms with E-state index in [1.165, 1.54) is 0 Å². The minimum Gasteiger partial charge on any atom is -0.438 e. The lowest BCUT2D eigenvalue weighted by atomic mass is 10.0. The maximum Gasteiger partial charge on any atom is 0.255 e. The second-order valence-electron chi connectivity index (χ2n) is 6.51. The molecule has 9 nitrogen and oxygen atoms in total. The van der Waals surface area contributed by atoms with Crippen LogP contribution in [0.25, 0.3) is 0 Å². The number of ether oxygens (including phenoxy) is 2. The number of aromatic nitrogens is 2. The van der Waals surface area contributed by atoms with Gasteiger partial charge in [-0.25, -0.2) is 0 Å². The summed E-state index contributed by atoms with van der Waals surface area (Å²) in [6.45, 7) is 1.68. The Balaban J connectivity index is 1.87. The second-order valence-corrected chi connectivity index (χ2v) is 6.92. The molecule has 1 fully saturated rings. The van der Waals surface area contributed by atoms with Crippen LogP contribution in [0, 0.1) is 0 Å². The topological polar surface area (TPSA) is 123 Å². The number of aliphatic hydroxyl groups is 1. The van der Waals surface area contributed by atoms with Gasteiger partial charge in [0.05, 0.1) is 24.8 Å². The number of nitrogens with two attached hydrogens (primary N) is 1. The molecule has 0 radical (unpaired) electrons. The van der Waals surface area contributed by atoms with E-state index in [1.54, 1.807) is 18.2 Å². The van der Waals surface area contributed by atoms with Gasteiger partial charge in [0.15, 0.2) is 0 Å². The molecule has 2 aliphatic rings. The lowest BCUT2D eigenvalue weighted by Crippen LogP contribution is -2.31. The molecule has 4 rings (SSSR count). The number of aliphatic hydroxyl groups excluding tert-OH is 1. The molecule has 4 bridgehead atoms. The summed E-state index contributed by atoms with van der Waals surface area (Å²) in [5, 5.41) is 12.0. The number of halogens is 1. The van der Waals surface area contributed by atoms with Crippen molar-refractivity contribution < 1.29 is 19.4 Å². The van der Waals surface area contributed by atoms with Crippen molar-refractivity contribution in [2.45, 2.75) is 12.5 Å². The number of benzene rings is 1. The molecule has 1 saturated heterocycles. The molecule has 4 N–H and O–H groups in total. The smallest absolute Gasteiger partial charge is 0.255 e. The molecule has 0 unspecified atom stereocenters. The lowest BCUT2D eigenvalue weighted by Gasteiger charge is -2.31. The molecule has 0 aliphatic carbocycles. The van der Waals surface area contributed by atoms with Crippen LogP contribution in [-0.2, 0) is 4.74 Å². The quantitative estimate of drug-likeness (QED) is 0.702. The molecule has 28 heavy (non-hydrogen) atoms. The minimum atomic E-state index is -0.409. The van der Waals surface area contributed by atoms with Crippen LogP contribution < -0.4 is 20.7 Å². The molecule has 1 atom stereocenters. The largest absolute Gasteiger partial charge is 0.438 e. The van der Waals surface area contributed by atoms with Crippen molar-refractivity contribution in [2.75, 3.05) is 43.5 Å². The Labute approximate surface area is 166 Å². The van der Waals surface area contributed by atoms with Gasteiger partial charge in [0.2, 0.25) is 11.8 Å². The van der Waals surface area contributed by atoms with E-state index >= 15 is 0 Å². The summed E-state index contributed by atoms with van der Waals surface area (Å²) in [6, 6.07) is 4.77. The fraction of sp³-hybridized carbons (Fsp3) is 0.389. The maximum atomic E-state index is 12.5. The Morgan fingerprint density at radius 2 is 2.25 bits per heavy atom. The number of hydrogen-bond donors (Lipinski definition) is 3. The van der Waals surface area contributed by atoms with E-state index in [1.807, 2.05) is 0 Å². The number of rotatable bonds is 3. The van der Waals surface area contributed by atoms with Crippen molar-refractivity contribution in [1.82, 2.24) is 15.3 Å². The highest BCUT2D eigenvalue weighted by Gasteiger charge is 2.30. The number of carbonyl (C=O) groups excluding carboxylic acids is 1. The fourth-order valence-electron chi connectivity index (χ4n) is 3.40. The van der Waals surface area contributed by atoms with Crippen LogP contribution in [0.3, 0.4) is 0 Å². The van der Waals surface area contributed by atoms with Crippen LogP contribution in [0.1, 0.15) is 28.4 Å². The van der Waals surface area contributed by atoms with Crippen molar-refractivity contribution in [3.63, 3.8) is 0 Å². The molecule has 10 heteroatoms. The van der Waals surface area contributed by atoms with Crippen LogP contribution in [-0.4, -0.2) is 53.9 Å². The average Bonchev–Trinajstić information content (AvgIpc) is 2.90. The Hall–Kier alpha value is -2.62. The Morgan fingerprint density at radius 1 is 1.39 bits per heavy atom. The van der Waals surface area contributed by atoms with Gasteiger partial charge in [-0.3, -0.25) is 4.79 Å². The highest BCUT2D eigenvalue weighted by molar-refractivity contribution is 6.32. The molecular weight excluding hydrogens is 386 g/mol. The summed E-state index contributed by atoms with van der Waals surface area (Å²) >= 11 is 6.56. The Bertz CT molecular complexity index is 910. The normalized spacial score (nSPS) is 18.1. The van der Waals surface area contributed by atoms with Gasteiger partial charge in [-0.15, -0.1) is 0 Å². The van der Waals surface area contributed by atoms with Gasteiger partial charge in [-0.05, 0) is 24.1 Å². The van der Waals surface area contributed by atoms with Crippen molar-refractivity contribution in [3.8, 4) is 11.6 Å². The van der Waals surface area contributed by atoms with Gasteiger partial charge in [-0.2, -0.15) is 9.97 Å². The van der Waals surface area contributed by atoms with Gasteiger partial charge in [0, 0.05) is 30.8 Å². The number of anilines is 2. The van der Waals surface area contributed by atoms with E-state index in [4.69, 9.17) is 31.9 Å². The minimum absolute atomic E-state index is 0.0730. The molecule has 1 amide bonds. The number of hydrogen-bond acceptors (Lipinski definition) is 8. The molecule has 1 aromatic carbocycles. The van der Waals surface area contributed by atoms with E-state index in [-0.39, 0.29) is 36.6 Å². The molecule has 3 heterocycles. The summed E-state index contributed by atoms with van der Waals surface area (Å²) < 4.78 is 11.7. The standard InChI is InChI=1S/C18H20ClN5O4/c19-12-6-11(17(26)21-2-4-25)14-7-10(12)13-9-27-5-1-3-24(13)15-8-16(28-14)23-18(20)22-15/h6-8,13,25H,1-5,9H2,(H,21,26)(H2,20,22,23)/t13-/m0/s1. The van der Waals surface area contributed by atoms with Gasteiger partial charge in [0.1, 0.15) is 11.6 Å². The third kappa shape index (κ3) is 3.56. The first-order chi connectivity index (χ1) is 13.6. The van der Waals surface area contributed by atoms with E-state index in [0.29, 0.717) is 36.3 Å². The fourth-order valence-corrected chi connectivity index (χ4v) is 3.69. The van der Waals surface area contributed by atoms with Crippen molar-refractivity contribution in [1.29, 1.82) is 0 Å². The molecule has 1 aromatic heterocycles. The zero-order valence-corrected chi connectivity index (χ0v) is 15.8. The van der Waals surface area contributed by atoms with Gasteiger partial charge in [0.25, 0.3) is 5.91 Å². The highest BCUT2D eigenvalue weighted by atomic mass is 35.5. The second kappa shape index (κ2) is 7.78. The highest BCUT2D eigenvalue weighted by Crippen LogP contribution is 2.40. The monoisotopic (exact) mass is 405 g/mol.